The second-order valence-corrected chi connectivity index (χ2v) is 13.4. The van der Waals surface area contributed by atoms with Gasteiger partial charge >= 0.3 is 0 Å². The summed E-state index contributed by atoms with van der Waals surface area (Å²) in [5, 5.41) is 5.75. The van der Waals surface area contributed by atoms with E-state index in [1.54, 1.807) is 33.2 Å². The fourth-order valence-corrected chi connectivity index (χ4v) is 7.11. The Morgan fingerprint density at radius 1 is 1.04 bits per heavy atom. The molecule has 7 atom stereocenters. The zero-order valence-corrected chi connectivity index (χ0v) is 30.0. The number of carbonyl (C=O) groups excluding carboxylic acids is 4. The van der Waals surface area contributed by atoms with Gasteiger partial charge in [-0.05, 0) is 49.2 Å². The number of methoxy groups -OCH3 is 2. The van der Waals surface area contributed by atoms with Gasteiger partial charge in [0.2, 0.25) is 23.6 Å². The quantitative estimate of drug-likeness (QED) is 0.193. The van der Waals surface area contributed by atoms with Gasteiger partial charge in [0.25, 0.3) is 0 Å². The first-order valence-electron chi connectivity index (χ1n) is 16.4. The molecule has 12 heteroatoms. The molecule has 0 saturated carbocycles. The summed E-state index contributed by atoms with van der Waals surface area (Å²) in [5.41, 5.74) is 1.12. The summed E-state index contributed by atoms with van der Waals surface area (Å²) < 4.78 is 14.7. The zero-order valence-electron chi connectivity index (χ0n) is 29.2. The van der Waals surface area contributed by atoms with E-state index in [4.69, 9.17) is 9.47 Å². The lowest BCUT2D eigenvalue weighted by molar-refractivity contribution is -0.145. The normalized spacial score (nSPS) is 18.7. The Balaban J connectivity index is 2.09. The number of rotatable bonds is 19. The monoisotopic (exact) mass is 663 g/mol. The molecule has 0 spiro atoms. The van der Waals surface area contributed by atoms with Gasteiger partial charge in [-0.3, -0.25) is 23.9 Å². The molecule has 1 aliphatic rings. The Bertz CT molecular complexity index is 1110. The average molecular weight is 664 g/mol. The van der Waals surface area contributed by atoms with Crippen molar-refractivity contribution < 1.29 is 28.7 Å². The number of hydrogen-bond acceptors (Lipinski definition) is 8. The lowest BCUT2D eigenvalue weighted by Crippen LogP contribution is -2.55. The third-order valence-corrected chi connectivity index (χ3v) is 10.1. The number of hydrogen-bond donors (Lipinski definition) is 3. The van der Waals surface area contributed by atoms with Crippen molar-refractivity contribution in [2.45, 2.75) is 96.4 Å². The molecule has 0 bridgehead atoms. The highest BCUT2D eigenvalue weighted by atomic mass is 32.2. The van der Waals surface area contributed by atoms with Crippen molar-refractivity contribution in [2.24, 2.45) is 17.8 Å². The number of likely N-dealkylation sites (tertiary alicyclic amines) is 1. The summed E-state index contributed by atoms with van der Waals surface area (Å²) in [6.07, 6.45) is 1.34. The summed E-state index contributed by atoms with van der Waals surface area (Å²) in [6.45, 7) is 10.2. The van der Waals surface area contributed by atoms with E-state index in [-0.39, 0.29) is 60.5 Å². The Morgan fingerprint density at radius 2 is 1.72 bits per heavy atom. The molecule has 3 N–H and O–H groups in total. The molecule has 1 aromatic carbocycles. The number of carbonyl (C=O) groups is 4. The van der Waals surface area contributed by atoms with E-state index in [0.717, 1.165) is 24.8 Å². The van der Waals surface area contributed by atoms with Crippen LogP contribution in [0, 0.1) is 17.8 Å². The standard InChI is InChI=1S/C34H57N5O6S/c1-10-23(4)31(38(7)29(41)20-36-34(43)30(35-6)22(2)3)27(44-8)19-28(40)39-18-14-17-26(39)32(45-9)24(5)33(42)37-46-21-25-15-12-11-13-16-25/h11-13,15-16,22-24,26-27,30-32,35H,10,14,17-21H2,1-9H3,(H,36,43)(H,37,42). The molecule has 1 aliphatic heterocycles. The smallest absolute Gasteiger partial charge is 0.242 e. The second-order valence-electron chi connectivity index (χ2n) is 12.6. The van der Waals surface area contributed by atoms with Crippen LogP contribution < -0.4 is 15.4 Å². The van der Waals surface area contributed by atoms with Gasteiger partial charge in [0.15, 0.2) is 0 Å². The maximum absolute atomic E-state index is 13.9. The lowest BCUT2D eigenvalue weighted by Gasteiger charge is -2.39. The van der Waals surface area contributed by atoms with E-state index in [1.807, 2.05) is 69.9 Å². The number of amides is 4. The Hall–Kier alpha value is -2.67. The maximum atomic E-state index is 13.9. The molecule has 0 aliphatic carbocycles. The molecule has 0 radical (unpaired) electrons. The highest BCUT2D eigenvalue weighted by molar-refractivity contribution is 7.97. The van der Waals surface area contributed by atoms with Crippen LogP contribution in [-0.2, 0) is 34.4 Å². The highest BCUT2D eigenvalue weighted by Gasteiger charge is 2.42. The molecular formula is C34H57N5O6S. The number of ether oxygens (including phenoxy) is 2. The molecule has 260 valence electrons. The minimum absolute atomic E-state index is 0.0290. The molecule has 1 fully saturated rings. The van der Waals surface area contributed by atoms with Gasteiger partial charge in [0.05, 0.1) is 49.2 Å². The van der Waals surface area contributed by atoms with E-state index in [0.29, 0.717) is 12.3 Å². The first kappa shape index (κ1) is 39.5. The van der Waals surface area contributed by atoms with Crippen LogP contribution >= 0.6 is 11.9 Å². The fourth-order valence-electron chi connectivity index (χ4n) is 6.35. The Morgan fingerprint density at radius 3 is 2.28 bits per heavy atom. The molecule has 4 amide bonds. The largest absolute Gasteiger partial charge is 0.379 e. The first-order valence-corrected chi connectivity index (χ1v) is 17.4. The van der Waals surface area contributed by atoms with Gasteiger partial charge in [-0.2, -0.15) is 0 Å². The van der Waals surface area contributed by atoms with Gasteiger partial charge in [-0.25, -0.2) is 0 Å². The molecule has 7 unspecified atom stereocenters. The van der Waals surface area contributed by atoms with Gasteiger partial charge in [-0.15, -0.1) is 0 Å². The zero-order chi connectivity index (χ0) is 34.4. The van der Waals surface area contributed by atoms with Crippen molar-refractivity contribution in [3.63, 3.8) is 0 Å². The topological polar surface area (TPSA) is 129 Å². The minimum atomic E-state index is -0.565. The van der Waals surface area contributed by atoms with Crippen LogP contribution in [0.1, 0.15) is 65.9 Å². The van der Waals surface area contributed by atoms with Crippen LogP contribution in [0.25, 0.3) is 0 Å². The summed E-state index contributed by atoms with van der Waals surface area (Å²) in [4.78, 5) is 56.4. The molecular weight excluding hydrogens is 606 g/mol. The average Bonchev–Trinajstić information content (AvgIpc) is 3.53. The van der Waals surface area contributed by atoms with Crippen molar-refractivity contribution in [2.75, 3.05) is 41.4 Å². The van der Waals surface area contributed by atoms with E-state index >= 15 is 0 Å². The van der Waals surface area contributed by atoms with E-state index < -0.39 is 24.2 Å². The summed E-state index contributed by atoms with van der Waals surface area (Å²) >= 11 is 1.34. The van der Waals surface area contributed by atoms with E-state index in [1.165, 1.54) is 11.9 Å². The van der Waals surface area contributed by atoms with Crippen LogP contribution in [-0.4, -0.2) is 105 Å². The number of likely N-dealkylation sites (N-methyl/N-ethyl adjacent to an activating group) is 2. The van der Waals surface area contributed by atoms with E-state index in [9.17, 15) is 19.2 Å². The Kier molecular flexibility index (Phi) is 17.1. The van der Waals surface area contributed by atoms with Crippen molar-refractivity contribution in [3.8, 4) is 0 Å². The summed E-state index contributed by atoms with van der Waals surface area (Å²) in [5.74, 6) is -0.454. The van der Waals surface area contributed by atoms with Crippen molar-refractivity contribution >= 4 is 35.6 Å². The molecule has 1 aromatic rings. The van der Waals surface area contributed by atoms with Gasteiger partial charge < -0.3 is 29.9 Å². The first-order chi connectivity index (χ1) is 21.9. The number of benzene rings is 1. The molecule has 1 saturated heterocycles. The van der Waals surface area contributed by atoms with Crippen molar-refractivity contribution in [3.05, 3.63) is 35.9 Å². The maximum Gasteiger partial charge on any atom is 0.242 e. The molecule has 2 rings (SSSR count). The van der Waals surface area contributed by atoms with Crippen LogP contribution in [0.15, 0.2) is 30.3 Å². The summed E-state index contributed by atoms with van der Waals surface area (Å²) in [7, 11) is 6.57. The highest BCUT2D eigenvalue weighted by Crippen LogP contribution is 2.29. The lowest BCUT2D eigenvalue weighted by atomic mass is 9.90. The minimum Gasteiger partial charge on any atom is -0.379 e. The number of nitrogens with one attached hydrogen (secondary N) is 3. The Labute approximate surface area is 280 Å². The van der Waals surface area contributed by atoms with Crippen molar-refractivity contribution in [1.29, 1.82) is 0 Å². The number of nitrogens with zero attached hydrogens (tertiary/aromatic N) is 2. The predicted octanol–water partition coefficient (Wildman–Crippen LogP) is 3.23. The van der Waals surface area contributed by atoms with Crippen LogP contribution in [0.3, 0.4) is 0 Å². The molecule has 11 nitrogen and oxygen atoms in total. The fraction of sp³-hybridized carbons (Fsp3) is 0.706. The third-order valence-electron chi connectivity index (χ3n) is 9.23. The molecule has 0 aromatic heterocycles. The van der Waals surface area contributed by atoms with Gasteiger partial charge in [-0.1, -0.05) is 71.4 Å². The third kappa shape index (κ3) is 11.0. The van der Waals surface area contributed by atoms with Gasteiger partial charge in [0, 0.05) is 33.6 Å². The SMILES string of the molecule is CCC(C)C(C(CC(=O)N1CCCC1C(OC)C(C)C(=O)NSCc1ccccc1)OC)N(C)C(=O)CNC(=O)C(NC)C(C)C. The van der Waals surface area contributed by atoms with Crippen LogP contribution in [0.5, 0.6) is 0 Å². The predicted molar refractivity (Wildman–Crippen MR) is 183 cm³/mol. The van der Waals surface area contributed by atoms with E-state index in [2.05, 4.69) is 15.4 Å². The molecule has 46 heavy (non-hydrogen) atoms. The summed E-state index contributed by atoms with van der Waals surface area (Å²) in [6, 6.07) is 8.87. The van der Waals surface area contributed by atoms with Gasteiger partial charge in [0.1, 0.15) is 0 Å². The van der Waals surface area contributed by atoms with Crippen molar-refractivity contribution in [1.82, 2.24) is 25.2 Å². The molecule has 1 heterocycles. The van der Waals surface area contributed by atoms with Crippen LogP contribution in [0.4, 0.5) is 0 Å². The van der Waals surface area contributed by atoms with Crippen LogP contribution in [0.2, 0.25) is 0 Å². The second kappa shape index (κ2) is 19.9.